The third-order valence-electron chi connectivity index (χ3n) is 19.5. The number of carbonyl (C=O) groups is 7. The summed E-state index contributed by atoms with van der Waals surface area (Å²) in [7, 11) is 18.3. The Bertz CT molecular complexity index is 2410. The molecule has 21 rings (SSSR count). The number of hydrogen-bond donors (Lipinski definition) is 0. The SMILES string of the molecule is COCC1OC2OC3C(COC)OC(OC4C(COC)OC(OC5C(COC)OC(OC6C(COC)OC(OC7C(COC)OC(OC8C(COC)OC(OC1C(OC(C)=O)C2OC)C(OC)C8OC(C)=O)C(OC)C7OC(C)=O)C(OC)C6OC(C)=O)C(OC)C5OC(C)=O)C(OC)C4OC(C)=O)C(OC)C3OC(C)=O. The lowest BCUT2D eigenvalue weighted by Gasteiger charge is -2.52. The zero-order chi connectivity index (χ0) is 81.9. The highest BCUT2D eigenvalue weighted by Crippen LogP contribution is 2.44. The van der Waals surface area contributed by atoms with Crippen molar-refractivity contribution in [3.05, 3.63) is 0 Å². The first kappa shape index (κ1) is 92.7. The maximum atomic E-state index is 13.6. The largest absolute Gasteiger partial charge is 0.457 e. The van der Waals surface area contributed by atoms with Gasteiger partial charge in [0, 0.05) is 148 Å². The van der Waals surface area contributed by atoms with Crippen molar-refractivity contribution in [1.82, 2.24) is 0 Å². The van der Waals surface area contributed by atoms with Gasteiger partial charge >= 0.3 is 41.8 Å². The summed E-state index contributed by atoms with van der Waals surface area (Å²) in [6.07, 6.45) is -52.6. The van der Waals surface area contributed by atoms with Gasteiger partial charge in [0.05, 0.1) is 46.2 Å². The van der Waals surface area contributed by atoms with E-state index in [1.54, 1.807) is 0 Å². The molecule has 21 fully saturated rings. The lowest BCUT2D eigenvalue weighted by molar-refractivity contribution is -0.400. The van der Waals surface area contributed by atoms with Crippen LogP contribution >= 0.6 is 0 Å². The van der Waals surface area contributed by atoms with Crippen LogP contribution in [0.1, 0.15) is 48.5 Å². The van der Waals surface area contributed by atoms with Gasteiger partial charge in [-0.25, -0.2) is 0 Å². The number of methoxy groups -OCH3 is 14. The van der Waals surface area contributed by atoms with E-state index in [-0.39, 0.29) is 46.2 Å². The van der Waals surface area contributed by atoms with E-state index < -0.39 is 257 Å². The summed E-state index contributed by atoms with van der Waals surface area (Å²) in [6, 6.07) is 0. The number of ether oxygens (including phenoxy) is 35. The van der Waals surface area contributed by atoms with Crippen molar-refractivity contribution in [3.63, 3.8) is 0 Å². The minimum absolute atomic E-state index is 0.341. The van der Waals surface area contributed by atoms with Crippen molar-refractivity contribution >= 4 is 41.8 Å². The zero-order valence-corrected chi connectivity index (χ0v) is 66.8. The third-order valence-corrected chi connectivity index (χ3v) is 19.5. The molecule has 112 heavy (non-hydrogen) atoms. The van der Waals surface area contributed by atoms with Crippen LogP contribution in [0.3, 0.4) is 0 Å². The molecule has 14 bridgehead atoms. The fourth-order valence-corrected chi connectivity index (χ4v) is 15.3. The molecule has 21 aliphatic rings. The molecule has 0 amide bonds. The highest BCUT2D eigenvalue weighted by molar-refractivity contribution is 5.68. The van der Waals surface area contributed by atoms with Gasteiger partial charge in [-0.05, 0) is 0 Å². The maximum absolute atomic E-state index is 13.6. The Kier molecular flexibility index (Phi) is 36.5. The number of hydrogen-bond acceptors (Lipinski definition) is 42. The van der Waals surface area contributed by atoms with Gasteiger partial charge in [-0.15, -0.1) is 0 Å². The maximum Gasteiger partial charge on any atom is 0.303 e. The summed E-state index contributed by atoms with van der Waals surface area (Å²) in [5.41, 5.74) is 0. The van der Waals surface area contributed by atoms with Gasteiger partial charge in [-0.3, -0.25) is 33.6 Å². The minimum Gasteiger partial charge on any atom is -0.457 e. The molecule has 0 saturated carbocycles. The third kappa shape index (κ3) is 22.3. The van der Waals surface area contributed by atoms with E-state index in [0.29, 0.717) is 0 Å². The first-order chi connectivity index (χ1) is 53.7. The molecule has 0 aromatic heterocycles. The Balaban J connectivity index is 1.33. The predicted octanol–water partition coefficient (Wildman–Crippen LogP) is -2.08. The Hall–Kier alpha value is -4.83. The van der Waals surface area contributed by atoms with Gasteiger partial charge in [-0.2, -0.15) is 0 Å². The Morgan fingerprint density at radius 2 is 0.286 bits per heavy atom. The van der Waals surface area contributed by atoms with Crippen molar-refractivity contribution in [3.8, 4) is 0 Å². The van der Waals surface area contributed by atoms with Crippen molar-refractivity contribution < 1.29 is 199 Å². The summed E-state index contributed by atoms with van der Waals surface area (Å²) < 4.78 is 222. The molecule has 42 heteroatoms. The van der Waals surface area contributed by atoms with Crippen LogP contribution in [0.2, 0.25) is 0 Å². The lowest BCUT2D eigenvalue weighted by Crippen LogP contribution is -2.70. The fraction of sp³-hybridized carbons (Fsp3) is 0.900. The molecule has 0 aliphatic carbocycles. The predicted molar refractivity (Wildman–Crippen MR) is 362 cm³/mol. The van der Waals surface area contributed by atoms with E-state index in [4.69, 9.17) is 166 Å². The Morgan fingerprint density at radius 3 is 0.366 bits per heavy atom. The first-order valence-corrected chi connectivity index (χ1v) is 36.2. The van der Waals surface area contributed by atoms with Crippen LogP contribution < -0.4 is 0 Å². The summed E-state index contributed by atoms with van der Waals surface area (Å²) >= 11 is 0. The zero-order valence-electron chi connectivity index (χ0n) is 66.8. The minimum atomic E-state index is -1.65. The number of rotatable bonds is 28. The lowest BCUT2D eigenvalue weighted by atomic mass is 9.94. The molecular weight excluding hydrogens is 1510 g/mol. The van der Waals surface area contributed by atoms with Gasteiger partial charge in [0.1, 0.15) is 128 Å². The molecule has 21 saturated heterocycles. The van der Waals surface area contributed by atoms with Crippen molar-refractivity contribution in [2.45, 2.75) is 263 Å². The monoisotopic (exact) mass is 1620 g/mol. The Labute approximate surface area is 648 Å². The number of esters is 7. The van der Waals surface area contributed by atoms with Crippen LogP contribution in [0.25, 0.3) is 0 Å². The van der Waals surface area contributed by atoms with Crippen molar-refractivity contribution in [2.24, 2.45) is 0 Å². The van der Waals surface area contributed by atoms with Crippen molar-refractivity contribution in [1.29, 1.82) is 0 Å². The van der Waals surface area contributed by atoms with Gasteiger partial charge in [0.2, 0.25) is 0 Å². The highest BCUT2D eigenvalue weighted by Gasteiger charge is 2.64. The molecule has 0 aromatic rings. The average molecular weight is 1630 g/mol. The number of carbonyl (C=O) groups excluding carboxylic acids is 7. The summed E-state index contributed by atoms with van der Waals surface area (Å²) in [5.74, 6) is -5.95. The van der Waals surface area contributed by atoms with Crippen LogP contribution in [-0.2, 0) is 199 Å². The quantitative estimate of drug-likeness (QED) is 0.0599. The van der Waals surface area contributed by atoms with E-state index in [0.717, 1.165) is 48.5 Å². The van der Waals surface area contributed by atoms with Crippen LogP contribution in [0.15, 0.2) is 0 Å². The second kappa shape index (κ2) is 44.1. The molecule has 0 aromatic carbocycles. The summed E-state index contributed by atoms with van der Waals surface area (Å²) in [5, 5.41) is 0. The van der Waals surface area contributed by atoms with E-state index >= 15 is 0 Å². The van der Waals surface area contributed by atoms with Gasteiger partial charge < -0.3 is 166 Å². The molecule has 35 atom stereocenters. The second-order valence-corrected chi connectivity index (χ2v) is 27.1. The Morgan fingerprint density at radius 1 is 0.179 bits per heavy atom. The normalized spacial score (nSPS) is 41.3. The molecule has 0 spiro atoms. The van der Waals surface area contributed by atoms with Crippen LogP contribution in [0, 0.1) is 0 Å². The molecular formula is C70H112O42. The first-order valence-electron chi connectivity index (χ1n) is 36.2. The molecule has 0 radical (unpaired) electrons. The highest BCUT2D eigenvalue weighted by atomic mass is 16.8. The molecule has 644 valence electrons. The van der Waals surface area contributed by atoms with E-state index in [1.165, 1.54) is 99.5 Å². The average Bonchev–Trinajstić information content (AvgIpc) is 0.764. The molecule has 42 nitrogen and oxygen atoms in total. The summed E-state index contributed by atoms with van der Waals surface area (Å²) in [6.45, 7) is 5.53. The van der Waals surface area contributed by atoms with Gasteiger partial charge in [-0.1, -0.05) is 0 Å². The van der Waals surface area contributed by atoms with Crippen LogP contribution in [0.4, 0.5) is 0 Å². The van der Waals surface area contributed by atoms with Crippen LogP contribution in [-0.4, -0.2) is 403 Å². The molecule has 35 unspecified atom stereocenters. The van der Waals surface area contributed by atoms with E-state index in [1.807, 2.05) is 0 Å². The van der Waals surface area contributed by atoms with Crippen molar-refractivity contribution in [2.75, 3.05) is 146 Å². The second-order valence-electron chi connectivity index (χ2n) is 27.1. The fourth-order valence-electron chi connectivity index (χ4n) is 15.3. The van der Waals surface area contributed by atoms with Gasteiger partial charge in [0.15, 0.2) is 86.8 Å². The van der Waals surface area contributed by atoms with Crippen LogP contribution in [0.5, 0.6) is 0 Å². The summed E-state index contributed by atoms with van der Waals surface area (Å²) in [4.78, 5) is 94.9. The van der Waals surface area contributed by atoms with E-state index in [2.05, 4.69) is 0 Å². The molecule has 21 heterocycles. The smallest absolute Gasteiger partial charge is 0.303 e. The van der Waals surface area contributed by atoms with E-state index in [9.17, 15) is 33.6 Å². The molecule has 0 N–H and O–H groups in total. The molecule has 21 aliphatic heterocycles. The topological polar surface area (TPSA) is 443 Å². The standard InChI is InChI=1S/C70H112O42/c1-29(71)92-50-43-36(22-78-8)99-64(57(50)85-15)107-44-37(23-79-9)101-66(59(87-17)51(44)93-30(2)72)109-46-39(25-81-11)103-68(61(89-19)53(46)95-32(4)74)111-48-41(27-83-13)105-70(63(91-21)55(48)97-34(6)76)112-49-42(28-84-14)104-69(62(90-20)56(49)98-35(7)77)110-47-40(26-82-12)102-67(60(88-18)54(47)96-33(5)75)108-45-38(24-80-10)100-65(106-43)58(86-16)52(45)94-31(3)73/h36-70H,22-28H2,1-21H3. The van der Waals surface area contributed by atoms with Gasteiger partial charge in [0.25, 0.3) is 0 Å².